The van der Waals surface area contributed by atoms with E-state index in [4.69, 9.17) is 9.47 Å². The minimum Gasteiger partial charge on any atom is -0.492 e. The first kappa shape index (κ1) is 22.1. The van der Waals surface area contributed by atoms with Gasteiger partial charge in [-0.15, -0.1) is 0 Å². The van der Waals surface area contributed by atoms with Gasteiger partial charge in [0, 0.05) is 37.7 Å². The van der Waals surface area contributed by atoms with Crippen molar-refractivity contribution >= 4 is 21.6 Å². The Kier molecular flexibility index (Phi) is 6.10. The molecule has 8 heteroatoms. The lowest BCUT2D eigenvalue weighted by Gasteiger charge is -2.17. The number of carbonyl (C=O) groups is 1. The van der Waals surface area contributed by atoms with Crippen LogP contribution < -0.4 is 14.8 Å². The van der Waals surface area contributed by atoms with Gasteiger partial charge in [0.2, 0.25) is 10.0 Å². The molecule has 0 saturated carbocycles. The van der Waals surface area contributed by atoms with E-state index in [9.17, 15) is 13.2 Å². The van der Waals surface area contributed by atoms with E-state index in [1.807, 2.05) is 19.9 Å². The fraction of sp³-hybridized carbons (Fsp3) is 0.409. The molecule has 0 bridgehead atoms. The number of aryl methyl sites for hydroxylation is 1. The van der Waals surface area contributed by atoms with Crippen LogP contribution >= 0.6 is 0 Å². The molecule has 0 fully saturated rings. The molecular weight excluding hydrogens is 404 g/mol. The number of fused-ring (bicyclic) bond motifs is 1. The van der Waals surface area contributed by atoms with Crippen LogP contribution in [0.5, 0.6) is 11.5 Å². The number of rotatable bonds is 6. The molecule has 0 aromatic heterocycles. The highest BCUT2D eigenvalue weighted by Crippen LogP contribution is 2.38. The van der Waals surface area contributed by atoms with Crippen LogP contribution in [0.2, 0.25) is 0 Å². The predicted molar refractivity (Wildman–Crippen MR) is 116 cm³/mol. The van der Waals surface area contributed by atoms with Crippen molar-refractivity contribution in [1.29, 1.82) is 0 Å². The normalized spacial score (nSPS) is 15.6. The quantitative estimate of drug-likeness (QED) is 0.755. The number of carbonyl (C=O) groups excluding carboxylic acids is 1. The number of hydrogen-bond donors (Lipinski definition) is 1. The second kappa shape index (κ2) is 8.28. The molecular formula is C22H28N2O5S. The van der Waals surface area contributed by atoms with Crippen molar-refractivity contribution in [1.82, 2.24) is 4.31 Å². The molecule has 0 saturated heterocycles. The summed E-state index contributed by atoms with van der Waals surface area (Å²) in [6.45, 7) is 7.84. The first-order valence-electron chi connectivity index (χ1n) is 9.86. The summed E-state index contributed by atoms with van der Waals surface area (Å²) in [5, 5.41) is 2.86. The lowest BCUT2D eigenvalue weighted by molar-refractivity contribution is 0.102. The van der Waals surface area contributed by atoms with Gasteiger partial charge in [0.05, 0.1) is 17.2 Å². The molecule has 0 aliphatic carbocycles. The lowest BCUT2D eigenvalue weighted by atomic mass is 10.1. The number of amides is 1. The van der Waals surface area contributed by atoms with Crippen LogP contribution in [0.25, 0.3) is 0 Å². The minimum atomic E-state index is -3.68. The van der Waals surface area contributed by atoms with E-state index in [0.29, 0.717) is 23.6 Å². The van der Waals surface area contributed by atoms with Gasteiger partial charge in [-0.2, -0.15) is 0 Å². The van der Waals surface area contributed by atoms with Crippen LogP contribution in [0.3, 0.4) is 0 Å². The first-order valence-corrected chi connectivity index (χ1v) is 11.3. The van der Waals surface area contributed by atoms with Crippen LogP contribution in [-0.2, 0) is 16.4 Å². The summed E-state index contributed by atoms with van der Waals surface area (Å²) < 4.78 is 38.0. The first-order chi connectivity index (χ1) is 14.0. The van der Waals surface area contributed by atoms with Crippen molar-refractivity contribution in [2.45, 2.75) is 45.1 Å². The predicted octanol–water partition coefficient (Wildman–Crippen LogP) is 3.53. The van der Waals surface area contributed by atoms with Gasteiger partial charge in [-0.1, -0.05) is 0 Å². The fourth-order valence-electron chi connectivity index (χ4n) is 3.43. The molecule has 7 nitrogen and oxygen atoms in total. The van der Waals surface area contributed by atoms with E-state index in [2.05, 4.69) is 5.32 Å². The average Bonchev–Trinajstić information content (AvgIpc) is 3.02. The SMILES string of the molecule is CCOc1cc2c(cc1NC(=O)c1cc(C)c(C)c(S(=O)(=O)N(C)C)c1)O[C@H](C)C2. The second-order valence-corrected chi connectivity index (χ2v) is 9.80. The molecule has 0 radical (unpaired) electrons. The molecule has 1 amide bonds. The van der Waals surface area contributed by atoms with Crippen LogP contribution in [0.15, 0.2) is 29.2 Å². The van der Waals surface area contributed by atoms with Gasteiger partial charge in [-0.25, -0.2) is 12.7 Å². The summed E-state index contributed by atoms with van der Waals surface area (Å²) >= 11 is 0. The maximum absolute atomic E-state index is 13.0. The number of sulfonamides is 1. The van der Waals surface area contributed by atoms with Crippen molar-refractivity contribution in [2.75, 3.05) is 26.0 Å². The maximum Gasteiger partial charge on any atom is 0.255 e. The Morgan fingerprint density at radius 2 is 1.93 bits per heavy atom. The van der Waals surface area contributed by atoms with Gasteiger partial charge in [-0.05, 0) is 57.0 Å². The summed E-state index contributed by atoms with van der Waals surface area (Å²) in [6.07, 6.45) is 0.853. The molecule has 0 spiro atoms. The molecule has 1 N–H and O–H groups in total. The van der Waals surface area contributed by atoms with Crippen molar-refractivity contribution in [2.24, 2.45) is 0 Å². The Labute approximate surface area is 178 Å². The average molecular weight is 433 g/mol. The molecule has 1 atom stereocenters. The number of nitrogens with one attached hydrogen (secondary N) is 1. The summed E-state index contributed by atoms with van der Waals surface area (Å²) in [6, 6.07) is 6.76. The summed E-state index contributed by atoms with van der Waals surface area (Å²) in [5.41, 5.74) is 3.13. The van der Waals surface area contributed by atoms with Gasteiger partial charge >= 0.3 is 0 Å². The van der Waals surface area contributed by atoms with Gasteiger partial charge in [0.1, 0.15) is 17.6 Å². The Morgan fingerprint density at radius 3 is 2.57 bits per heavy atom. The maximum atomic E-state index is 13.0. The molecule has 3 rings (SSSR count). The molecule has 162 valence electrons. The zero-order valence-electron chi connectivity index (χ0n) is 18.2. The highest BCUT2D eigenvalue weighted by atomic mass is 32.2. The zero-order valence-corrected chi connectivity index (χ0v) is 19.0. The number of benzene rings is 2. The number of hydrogen-bond acceptors (Lipinski definition) is 5. The minimum absolute atomic E-state index is 0.0685. The van der Waals surface area contributed by atoms with Crippen LogP contribution in [0.1, 0.15) is 40.9 Å². The Hall–Kier alpha value is -2.58. The van der Waals surface area contributed by atoms with Crippen LogP contribution in [0, 0.1) is 13.8 Å². The van der Waals surface area contributed by atoms with Crippen LogP contribution in [-0.4, -0.2) is 45.4 Å². The largest absolute Gasteiger partial charge is 0.492 e. The Morgan fingerprint density at radius 1 is 1.23 bits per heavy atom. The summed E-state index contributed by atoms with van der Waals surface area (Å²) in [7, 11) is -0.743. The Balaban J connectivity index is 1.99. The summed E-state index contributed by atoms with van der Waals surface area (Å²) in [5.74, 6) is 0.865. The number of ether oxygens (including phenoxy) is 2. The van der Waals surface area contributed by atoms with E-state index in [-0.39, 0.29) is 16.6 Å². The molecule has 2 aromatic rings. The molecule has 1 aliphatic heterocycles. The third-order valence-electron chi connectivity index (χ3n) is 5.19. The van der Waals surface area contributed by atoms with Crippen LogP contribution in [0.4, 0.5) is 5.69 Å². The topological polar surface area (TPSA) is 84.9 Å². The molecule has 0 unspecified atom stereocenters. The lowest BCUT2D eigenvalue weighted by Crippen LogP contribution is -2.24. The summed E-state index contributed by atoms with van der Waals surface area (Å²) in [4.78, 5) is 13.2. The molecule has 2 aromatic carbocycles. The fourth-order valence-corrected chi connectivity index (χ4v) is 4.65. The van der Waals surface area contributed by atoms with Gasteiger partial charge in [0.25, 0.3) is 5.91 Å². The zero-order chi connectivity index (χ0) is 22.2. The number of nitrogens with zero attached hydrogens (tertiary/aromatic N) is 1. The monoisotopic (exact) mass is 432 g/mol. The van der Waals surface area contributed by atoms with Crippen molar-refractivity contribution in [3.8, 4) is 11.5 Å². The van der Waals surface area contributed by atoms with E-state index >= 15 is 0 Å². The molecule has 1 aliphatic rings. The highest BCUT2D eigenvalue weighted by molar-refractivity contribution is 7.89. The smallest absolute Gasteiger partial charge is 0.255 e. The molecule has 1 heterocycles. The Bertz CT molecular complexity index is 1090. The van der Waals surface area contributed by atoms with Crippen molar-refractivity contribution in [3.63, 3.8) is 0 Å². The second-order valence-electron chi connectivity index (χ2n) is 7.68. The van der Waals surface area contributed by atoms with E-state index < -0.39 is 15.9 Å². The standard InChI is InChI=1S/C22H28N2O5S/c1-7-28-20-10-16-9-14(3)29-19(16)12-18(20)23-22(25)17-8-13(2)15(4)21(11-17)30(26,27)24(5)6/h8,10-12,14H,7,9H2,1-6H3,(H,23,25)/t14-/m1/s1. The van der Waals surface area contributed by atoms with Crippen molar-refractivity contribution in [3.05, 3.63) is 46.5 Å². The third-order valence-corrected chi connectivity index (χ3v) is 7.13. The van der Waals surface area contributed by atoms with E-state index in [1.165, 1.54) is 20.2 Å². The van der Waals surface area contributed by atoms with E-state index in [1.54, 1.807) is 26.0 Å². The van der Waals surface area contributed by atoms with Gasteiger partial charge in [0.15, 0.2) is 0 Å². The van der Waals surface area contributed by atoms with Gasteiger partial charge < -0.3 is 14.8 Å². The highest BCUT2D eigenvalue weighted by Gasteiger charge is 2.25. The number of anilines is 1. The van der Waals surface area contributed by atoms with Crippen molar-refractivity contribution < 1.29 is 22.7 Å². The third kappa shape index (κ3) is 4.15. The molecule has 30 heavy (non-hydrogen) atoms. The van der Waals surface area contributed by atoms with E-state index in [0.717, 1.165) is 27.6 Å². The van der Waals surface area contributed by atoms with Gasteiger partial charge in [-0.3, -0.25) is 4.79 Å².